The van der Waals surface area contributed by atoms with E-state index in [9.17, 15) is 4.91 Å². The van der Waals surface area contributed by atoms with Crippen molar-refractivity contribution in [2.45, 2.75) is 6.92 Å². The molecule has 18 heavy (non-hydrogen) atoms. The molecule has 0 aliphatic carbocycles. The van der Waals surface area contributed by atoms with Gasteiger partial charge in [-0.05, 0) is 24.2 Å². The van der Waals surface area contributed by atoms with E-state index in [0.29, 0.717) is 12.3 Å². The molecule has 0 saturated heterocycles. The van der Waals surface area contributed by atoms with Crippen molar-refractivity contribution in [3.05, 3.63) is 28.4 Å². The molecule has 0 aliphatic heterocycles. The minimum absolute atomic E-state index is 0.119. The minimum Gasteiger partial charge on any atom is -0.477 e. The summed E-state index contributed by atoms with van der Waals surface area (Å²) in [6.07, 6.45) is 3.37. The smallest absolute Gasteiger partial charge is 0.232 e. The molecule has 1 heterocycles. The first-order valence-electron chi connectivity index (χ1n) is 5.38. The van der Waals surface area contributed by atoms with Gasteiger partial charge in [-0.1, -0.05) is 0 Å². The second kappa shape index (κ2) is 6.35. The van der Waals surface area contributed by atoms with Gasteiger partial charge in [-0.3, -0.25) is 0 Å². The van der Waals surface area contributed by atoms with E-state index in [1.54, 1.807) is 24.1 Å². The largest absolute Gasteiger partial charge is 0.477 e. The standard InChI is InChI=1S/C12H14N4O2/c1-4-18-12-9(8-13)7-11(15-17)10(14-12)5-6-16(2)3/h5-7H,4H2,1-3H3/b6-5+. The fourth-order valence-corrected chi connectivity index (χ4v) is 1.24. The highest BCUT2D eigenvalue weighted by Gasteiger charge is 2.11. The third-order valence-electron chi connectivity index (χ3n) is 2.03. The van der Waals surface area contributed by atoms with Gasteiger partial charge < -0.3 is 9.64 Å². The summed E-state index contributed by atoms with van der Waals surface area (Å²) in [6, 6.07) is 3.30. The molecule has 0 spiro atoms. The van der Waals surface area contributed by atoms with E-state index in [4.69, 9.17) is 10.00 Å². The second-order valence-electron chi connectivity index (χ2n) is 3.66. The first-order chi connectivity index (χ1) is 8.62. The zero-order chi connectivity index (χ0) is 13.5. The van der Waals surface area contributed by atoms with Crippen molar-refractivity contribution in [3.8, 4) is 11.9 Å². The summed E-state index contributed by atoms with van der Waals surface area (Å²) in [5.74, 6) is 0.214. The molecule has 1 aromatic rings. The predicted octanol–water partition coefficient (Wildman–Crippen LogP) is 2.28. The Kier molecular flexibility index (Phi) is 4.81. The number of ether oxygens (including phenoxy) is 1. The Morgan fingerprint density at radius 3 is 2.83 bits per heavy atom. The maximum atomic E-state index is 10.7. The number of hydrogen-bond donors (Lipinski definition) is 0. The molecule has 0 bridgehead atoms. The van der Waals surface area contributed by atoms with Gasteiger partial charge in [0.15, 0.2) is 0 Å². The zero-order valence-electron chi connectivity index (χ0n) is 10.5. The van der Waals surface area contributed by atoms with Crippen molar-refractivity contribution in [2.75, 3.05) is 20.7 Å². The van der Waals surface area contributed by atoms with E-state index in [0.717, 1.165) is 0 Å². The van der Waals surface area contributed by atoms with Crippen molar-refractivity contribution in [2.24, 2.45) is 5.18 Å². The summed E-state index contributed by atoms with van der Waals surface area (Å²) < 4.78 is 5.25. The SMILES string of the molecule is CCOc1nc(/C=C/N(C)C)c(N=O)cc1C#N. The summed E-state index contributed by atoms with van der Waals surface area (Å²) >= 11 is 0. The summed E-state index contributed by atoms with van der Waals surface area (Å²) in [5, 5.41) is 11.8. The summed E-state index contributed by atoms with van der Waals surface area (Å²) in [6.45, 7) is 2.19. The molecule has 0 atom stereocenters. The molecule has 94 valence electrons. The van der Waals surface area contributed by atoms with Crippen LogP contribution >= 0.6 is 0 Å². The molecule has 0 saturated carbocycles. The van der Waals surface area contributed by atoms with Gasteiger partial charge in [0.1, 0.15) is 17.3 Å². The predicted molar refractivity (Wildman–Crippen MR) is 68.3 cm³/mol. The molecule has 0 amide bonds. The van der Waals surface area contributed by atoms with Crippen molar-refractivity contribution in [3.63, 3.8) is 0 Å². The van der Waals surface area contributed by atoms with Crippen molar-refractivity contribution < 1.29 is 4.74 Å². The van der Waals surface area contributed by atoms with Gasteiger partial charge in [-0.25, -0.2) is 4.98 Å². The van der Waals surface area contributed by atoms with Gasteiger partial charge in [0.25, 0.3) is 0 Å². The topological polar surface area (TPSA) is 78.6 Å². The Labute approximate surface area is 105 Å². The molecule has 0 aromatic carbocycles. The lowest BCUT2D eigenvalue weighted by atomic mass is 10.2. The number of hydrogen-bond acceptors (Lipinski definition) is 6. The summed E-state index contributed by atoms with van der Waals surface area (Å²) in [5.41, 5.74) is 0.697. The van der Waals surface area contributed by atoms with Crippen LogP contribution in [-0.4, -0.2) is 30.6 Å². The van der Waals surface area contributed by atoms with Gasteiger partial charge >= 0.3 is 0 Å². The lowest BCUT2D eigenvalue weighted by molar-refractivity contribution is 0.325. The highest BCUT2D eigenvalue weighted by atomic mass is 16.5. The highest BCUT2D eigenvalue weighted by Crippen LogP contribution is 2.26. The van der Waals surface area contributed by atoms with Crippen molar-refractivity contribution in [1.82, 2.24) is 9.88 Å². The molecule has 0 unspecified atom stereocenters. The van der Waals surface area contributed by atoms with Gasteiger partial charge in [-0.15, -0.1) is 4.91 Å². The summed E-state index contributed by atoms with van der Waals surface area (Å²) in [7, 11) is 3.69. The molecule has 0 N–H and O–H groups in total. The number of rotatable bonds is 5. The molecule has 0 fully saturated rings. The first-order valence-corrected chi connectivity index (χ1v) is 5.38. The Morgan fingerprint density at radius 2 is 2.33 bits per heavy atom. The van der Waals surface area contributed by atoms with Crippen LogP contribution in [0, 0.1) is 16.2 Å². The van der Waals surface area contributed by atoms with Crippen LogP contribution in [0.1, 0.15) is 18.2 Å². The lowest BCUT2D eigenvalue weighted by Gasteiger charge is -2.07. The van der Waals surface area contributed by atoms with E-state index >= 15 is 0 Å². The first kappa shape index (κ1) is 13.6. The second-order valence-corrected chi connectivity index (χ2v) is 3.66. The maximum absolute atomic E-state index is 10.7. The third-order valence-corrected chi connectivity index (χ3v) is 2.03. The van der Waals surface area contributed by atoms with E-state index < -0.39 is 0 Å². The van der Waals surface area contributed by atoms with Gasteiger partial charge in [-0.2, -0.15) is 5.26 Å². The Hall–Kier alpha value is -2.42. The van der Waals surface area contributed by atoms with E-state index in [2.05, 4.69) is 10.2 Å². The van der Waals surface area contributed by atoms with Gasteiger partial charge in [0.2, 0.25) is 5.88 Å². The molecule has 1 rings (SSSR count). The molecule has 0 aliphatic rings. The van der Waals surface area contributed by atoms with Gasteiger partial charge in [0, 0.05) is 20.3 Å². The average Bonchev–Trinajstić information content (AvgIpc) is 2.36. The fraction of sp³-hybridized carbons (Fsp3) is 0.333. The van der Waals surface area contributed by atoms with E-state index in [1.807, 2.05) is 20.2 Å². The molecular weight excluding hydrogens is 232 g/mol. The number of nitriles is 1. The van der Waals surface area contributed by atoms with Crippen LogP contribution in [0.15, 0.2) is 17.4 Å². The van der Waals surface area contributed by atoms with Crippen LogP contribution in [0.5, 0.6) is 5.88 Å². The van der Waals surface area contributed by atoms with Crippen molar-refractivity contribution >= 4 is 11.8 Å². The normalized spacial score (nSPS) is 10.1. The third kappa shape index (κ3) is 3.28. The Bertz CT molecular complexity index is 504. The van der Waals surface area contributed by atoms with Crippen LogP contribution in [-0.2, 0) is 0 Å². The number of nitrogens with zero attached hydrogens (tertiary/aromatic N) is 4. The lowest BCUT2D eigenvalue weighted by Crippen LogP contribution is -2.01. The molecule has 1 aromatic heterocycles. The van der Waals surface area contributed by atoms with Crippen LogP contribution in [0.2, 0.25) is 0 Å². The minimum atomic E-state index is 0.119. The molecule has 6 nitrogen and oxygen atoms in total. The molecule has 0 radical (unpaired) electrons. The van der Waals surface area contributed by atoms with Crippen LogP contribution < -0.4 is 4.74 Å². The zero-order valence-corrected chi connectivity index (χ0v) is 10.5. The average molecular weight is 246 g/mol. The van der Waals surface area contributed by atoms with E-state index in [1.165, 1.54) is 6.07 Å². The van der Waals surface area contributed by atoms with Crippen molar-refractivity contribution in [1.29, 1.82) is 5.26 Å². The summed E-state index contributed by atoms with van der Waals surface area (Å²) in [4.78, 5) is 16.6. The van der Waals surface area contributed by atoms with Crippen LogP contribution in [0.3, 0.4) is 0 Å². The number of pyridine rings is 1. The quantitative estimate of drug-likeness (QED) is 0.745. The maximum Gasteiger partial charge on any atom is 0.232 e. The van der Waals surface area contributed by atoms with Crippen LogP contribution in [0.4, 0.5) is 5.69 Å². The molecular formula is C12H14N4O2. The highest BCUT2D eigenvalue weighted by molar-refractivity contribution is 5.63. The Morgan fingerprint density at radius 1 is 1.61 bits per heavy atom. The van der Waals surface area contributed by atoms with E-state index in [-0.39, 0.29) is 17.1 Å². The monoisotopic (exact) mass is 246 g/mol. The molecule has 6 heteroatoms. The fourth-order valence-electron chi connectivity index (χ4n) is 1.24. The number of nitroso groups, excluding NO2 is 1. The number of aromatic nitrogens is 1. The van der Waals surface area contributed by atoms with Crippen LogP contribution in [0.25, 0.3) is 6.08 Å². The Balaban J connectivity index is 3.28. The van der Waals surface area contributed by atoms with Gasteiger partial charge in [0.05, 0.1) is 12.3 Å².